The van der Waals surface area contributed by atoms with Crippen LogP contribution in [0.15, 0.2) is 41.1 Å². The highest BCUT2D eigenvalue weighted by Crippen LogP contribution is 2.25. The molecule has 142 valence electrons. The second-order valence-corrected chi connectivity index (χ2v) is 7.83. The number of carbonyl (C=O) groups is 1. The summed E-state index contributed by atoms with van der Waals surface area (Å²) in [5.74, 6) is -0.490. The standard InChI is InChI=1S/C19H21BrFN5O/c1-12-17(23-18(27)19(3,4)26-11-15(20)9-22-26)13(2)25(24-12)10-14-7-5-6-8-16(14)21/h5-9,11H,10H2,1-4H3,(H,23,27). The van der Waals surface area contributed by atoms with Crippen LogP contribution in [0.3, 0.4) is 0 Å². The van der Waals surface area contributed by atoms with Gasteiger partial charge in [-0.05, 0) is 49.7 Å². The summed E-state index contributed by atoms with van der Waals surface area (Å²) in [4.78, 5) is 12.9. The summed E-state index contributed by atoms with van der Waals surface area (Å²) < 4.78 is 18.0. The van der Waals surface area contributed by atoms with Gasteiger partial charge in [-0.2, -0.15) is 10.2 Å². The summed E-state index contributed by atoms with van der Waals surface area (Å²) in [6.45, 7) is 7.54. The minimum atomic E-state index is -0.890. The van der Waals surface area contributed by atoms with Crippen LogP contribution in [-0.2, 0) is 16.9 Å². The first-order valence-corrected chi connectivity index (χ1v) is 9.29. The maximum Gasteiger partial charge on any atom is 0.251 e. The number of aromatic nitrogens is 4. The van der Waals surface area contributed by atoms with Gasteiger partial charge in [0, 0.05) is 11.8 Å². The van der Waals surface area contributed by atoms with Crippen molar-refractivity contribution in [3.8, 4) is 0 Å². The summed E-state index contributed by atoms with van der Waals surface area (Å²) in [5, 5.41) is 11.6. The topological polar surface area (TPSA) is 64.7 Å². The zero-order valence-electron chi connectivity index (χ0n) is 15.6. The fraction of sp³-hybridized carbons (Fsp3) is 0.316. The smallest absolute Gasteiger partial charge is 0.251 e. The van der Waals surface area contributed by atoms with Crippen LogP contribution in [0.2, 0.25) is 0 Å². The van der Waals surface area contributed by atoms with Crippen molar-refractivity contribution in [2.45, 2.75) is 39.8 Å². The van der Waals surface area contributed by atoms with Crippen LogP contribution in [0.5, 0.6) is 0 Å². The number of nitrogens with one attached hydrogen (secondary N) is 1. The second kappa shape index (κ2) is 7.26. The van der Waals surface area contributed by atoms with Crippen LogP contribution in [0.25, 0.3) is 0 Å². The molecule has 0 radical (unpaired) electrons. The van der Waals surface area contributed by atoms with E-state index < -0.39 is 5.54 Å². The molecular weight excluding hydrogens is 413 g/mol. The van der Waals surface area contributed by atoms with Crippen LogP contribution in [0, 0.1) is 19.7 Å². The number of amides is 1. The number of aryl methyl sites for hydroxylation is 1. The molecule has 3 aromatic rings. The van der Waals surface area contributed by atoms with E-state index in [9.17, 15) is 9.18 Å². The van der Waals surface area contributed by atoms with Gasteiger partial charge in [0.05, 0.1) is 34.3 Å². The molecule has 0 atom stereocenters. The molecular formula is C19H21BrFN5O. The molecule has 2 heterocycles. The Morgan fingerprint density at radius 1 is 1.30 bits per heavy atom. The molecule has 0 saturated heterocycles. The lowest BCUT2D eigenvalue weighted by atomic mass is 10.0. The van der Waals surface area contributed by atoms with E-state index >= 15 is 0 Å². The molecule has 27 heavy (non-hydrogen) atoms. The average Bonchev–Trinajstić information content (AvgIpc) is 3.16. The Labute approximate surface area is 165 Å². The van der Waals surface area contributed by atoms with Gasteiger partial charge in [0.1, 0.15) is 11.4 Å². The molecule has 0 aliphatic carbocycles. The Morgan fingerprint density at radius 2 is 2.00 bits per heavy atom. The first-order chi connectivity index (χ1) is 12.7. The van der Waals surface area contributed by atoms with Crippen molar-refractivity contribution in [1.82, 2.24) is 19.6 Å². The van der Waals surface area contributed by atoms with Crippen molar-refractivity contribution in [3.63, 3.8) is 0 Å². The van der Waals surface area contributed by atoms with Crippen molar-refractivity contribution in [2.75, 3.05) is 5.32 Å². The fourth-order valence-electron chi connectivity index (χ4n) is 2.80. The highest BCUT2D eigenvalue weighted by atomic mass is 79.9. The first kappa shape index (κ1) is 19.3. The molecule has 0 fully saturated rings. The van der Waals surface area contributed by atoms with Gasteiger partial charge in [-0.15, -0.1) is 0 Å². The number of halogens is 2. The van der Waals surface area contributed by atoms with Gasteiger partial charge < -0.3 is 5.32 Å². The SMILES string of the molecule is Cc1nn(Cc2ccccc2F)c(C)c1NC(=O)C(C)(C)n1cc(Br)cn1. The van der Waals surface area contributed by atoms with Gasteiger partial charge in [0.25, 0.3) is 5.91 Å². The van der Waals surface area contributed by atoms with E-state index in [0.717, 1.165) is 10.2 Å². The Bertz CT molecular complexity index is 992. The Morgan fingerprint density at radius 3 is 2.63 bits per heavy atom. The van der Waals surface area contributed by atoms with Crippen LogP contribution in [0.4, 0.5) is 10.1 Å². The van der Waals surface area contributed by atoms with E-state index in [2.05, 4.69) is 31.4 Å². The molecule has 0 saturated carbocycles. The van der Waals surface area contributed by atoms with E-state index in [1.54, 1.807) is 53.8 Å². The minimum Gasteiger partial charge on any atom is -0.321 e. The molecule has 0 bridgehead atoms. The van der Waals surface area contributed by atoms with Crippen LogP contribution in [0.1, 0.15) is 30.8 Å². The Hall–Kier alpha value is -2.48. The van der Waals surface area contributed by atoms with E-state index in [1.165, 1.54) is 6.07 Å². The number of anilines is 1. The maximum atomic E-state index is 13.9. The maximum absolute atomic E-state index is 13.9. The molecule has 0 spiro atoms. The third-order valence-corrected chi connectivity index (χ3v) is 4.99. The zero-order chi connectivity index (χ0) is 19.8. The van der Waals surface area contributed by atoms with Crippen LogP contribution >= 0.6 is 15.9 Å². The lowest BCUT2D eigenvalue weighted by molar-refractivity contribution is -0.123. The number of rotatable bonds is 5. The number of benzene rings is 1. The molecule has 8 heteroatoms. The van der Waals surface area contributed by atoms with Crippen molar-refractivity contribution in [2.24, 2.45) is 0 Å². The lowest BCUT2D eigenvalue weighted by Gasteiger charge is -2.24. The minimum absolute atomic E-state index is 0.213. The highest BCUT2D eigenvalue weighted by Gasteiger charge is 2.32. The number of carbonyl (C=O) groups excluding carboxylic acids is 1. The summed E-state index contributed by atoms with van der Waals surface area (Å²) in [6, 6.07) is 6.59. The average molecular weight is 434 g/mol. The highest BCUT2D eigenvalue weighted by molar-refractivity contribution is 9.10. The van der Waals surface area contributed by atoms with Crippen molar-refractivity contribution < 1.29 is 9.18 Å². The predicted molar refractivity (Wildman–Crippen MR) is 105 cm³/mol. The predicted octanol–water partition coefficient (Wildman–Crippen LogP) is 4.02. The van der Waals surface area contributed by atoms with Crippen LogP contribution < -0.4 is 5.32 Å². The Kier molecular flexibility index (Phi) is 5.19. The molecule has 2 aromatic heterocycles. The fourth-order valence-corrected chi connectivity index (χ4v) is 3.08. The van der Waals surface area contributed by atoms with Gasteiger partial charge in [-0.1, -0.05) is 18.2 Å². The lowest BCUT2D eigenvalue weighted by Crippen LogP contribution is -2.40. The van der Waals surface area contributed by atoms with Gasteiger partial charge >= 0.3 is 0 Å². The molecule has 0 aliphatic heterocycles. The Balaban J connectivity index is 1.84. The van der Waals surface area contributed by atoms with Gasteiger partial charge in [0.2, 0.25) is 0 Å². The number of hydrogen-bond donors (Lipinski definition) is 1. The monoisotopic (exact) mass is 433 g/mol. The summed E-state index contributed by atoms with van der Waals surface area (Å²) in [7, 11) is 0. The van der Waals surface area contributed by atoms with Gasteiger partial charge in [-0.3, -0.25) is 14.2 Å². The largest absolute Gasteiger partial charge is 0.321 e. The molecule has 1 N–H and O–H groups in total. The molecule has 6 nitrogen and oxygen atoms in total. The summed E-state index contributed by atoms with van der Waals surface area (Å²) in [5.41, 5.74) is 1.73. The quantitative estimate of drug-likeness (QED) is 0.660. The molecule has 0 unspecified atom stereocenters. The van der Waals surface area contributed by atoms with Gasteiger partial charge in [-0.25, -0.2) is 4.39 Å². The normalized spacial score (nSPS) is 11.6. The van der Waals surface area contributed by atoms with Crippen LogP contribution in [-0.4, -0.2) is 25.5 Å². The molecule has 0 aliphatic rings. The van der Waals surface area contributed by atoms with E-state index in [1.807, 2.05) is 13.8 Å². The van der Waals surface area contributed by atoms with E-state index in [-0.39, 0.29) is 11.7 Å². The molecule has 1 aromatic carbocycles. The summed E-state index contributed by atoms with van der Waals surface area (Å²) in [6.07, 6.45) is 3.39. The van der Waals surface area contributed by atoms with Gasteiger partial charge in [0.15, 0.2) is 0 Å². The van der Waals surface area contributed by atoms with Crippen molar-refractivity contribution in [3.05, 3.63) is 63.9 Å². The number of hydrogen-bond acceptors (Lipinski definition) is 3. The third-order valence-electron chi connectivity index (χ3n) is 4.58. The zero-order valence-corrected chi connectivity index (χ0v) is 17.2. The molecule has 1 amide bonds. The second-order valence-electron chi connectivity index (χ2n) is 6.91. The van der Waals surface area contributed by atoms with Crippen molar-refractivity contribution in [1.29, 1.82) is 0 Å². The van der Waals surface area contributed by atoms with E-state index in [0.29, 0.717) is 23.5 Å². The number of nitrogens with zero attached hydrogens (tertiary/aromatic N) is 4. The van der Waals surface area contributed by atoms with E-state index in [4.69, 9.17) is 0 Å². The summed E-state index contributed by atoms with van der Waals surface area (Å²) >= 11 is 3.35. The molecule has 3 rings (SSSR count). The first-order valence-electron chi connectivity index (χ1n) is 8.49. The third kappa shape index (κ3) is 3.80. The van der Waals surface area contributed by atoms with Crippen molar-refractivity contribution >= 4 is 27.5 Å².